The molecule has 0 aliphatic rings. The molecule has 0 amide bonds. The van der Waals surface area contributed by atoms with Crippen molar-refractivity contribution in [3.05, 3.63) is 18.2 Å². The molecule has 1 aromatic carbocycles. The molecule has 8 heteroatoms. The quantitative estimate of drug-likeness (QED) is 0.389. The molecule has 1 rings (SSSR count). The van der Waals surface area contributed by atoms with E-state index >= 15 is 0 Å². The van der Waals surface area contributed by atoms with E-state index in [0.717, 1.165) is 12.1 Å². The van der Waals surface area contributed by atoms with Crippen molar-refractivity contribution in [2.45, 2.75) is 17.7 Å². The summed E-state index contributed by atoms with van der Waals surface area (Å²) in [4.78, 5) is 9.77. The lowest BCUT2D eigenvalue weighted by molar-refractivity contribution is -0.305. The summed E-state index contributed by atoms with van der Waals surface area (Å²) >= 11 is 0. The Kier molecular flexibility index (Phi) is 4.51. The van der Waals surface area contributed by atoms with Crippen LogP contribution in [0, 0.1) is 0 Å². The van der Waals surface area contributed by atoms with Gasteiger partial charge in [0, 0.05) is 12.5 Å². The molecule has 0 aliphatic heterocycles. The van der Waals surface area contributed by atoms with Gasteiger partial charge in [-0.25, -0.2) is 8.42 Å². The minimum atomic E-state index is -4.52. The Morgan fingerprint density at radius 1 is 1.39 bits per heavy atom. The molecule has 0 bridgehead atoms. The zero-order valence-electron chi connectivity index (χ0n) is 9.38. The average molecular weight is 272 g/mol. The van der Waals surface area contributed by atoms with Crippen LogP contribution in [0.3, 0.4) is 0 Å². The number of carbonyl (C=O) groups is 1. The molecule has 7 nitrogen and oxygen atoms in total. The predicted octanol–water partition coefficient (Wildman–Crippen LogP) is -0.885. The van der Waals surface area contributed by atoms with Crippen LogP contribution in [0.5, 0.6) is 0 Å². The summed E-state index contributed by atoms with van der Waals surface area (Å²) in [5.74, 6) is -1.14. The Balaban J connectivity index is 2.66. The molecular formula is C10H12N2O5S-2. The lowest BCUT2D eigenvalue weighted by atomic mass is 10.2. The first-order chi connectivity index (χ1) is 8.30. The minimum Gasteiger partial charge on any atom is -0.744 e. The molecule has 0 unspecified atom stereocenters. The number of benzene rings is 1. The number of nitrogens with two attached hydrogens (primary N) is 1. The van der Waals surface area contributed by atoms with Gasteiger partial charge in [-0.05, 0) is 31.0 Å². The van der Waals surface area contributed by atoms with Gasteiger partial charge >= 0.3 is 0 Å². The predicted molar refractivity (Wildman–Crippen MR) is 61.5 cm³/mol. The van der Waals surface area contributed by atoms with Crippen LogP contribution >= 0.6 is 0 Å². The maximum atomic E-state index is 10.7. The van der Waals surface area contributed by atoms with Crippen LogP contribution < -0.4 is 16.2 Å². The molecule has 0 saturated heterocycles. The monoisotopic (exact) mass is 272 g/mol. The first kappa shape index (κ1) is 14.3. The summed E-state index contributed by atoms with van der Waals surface area (Å²) in [5, 5.41) is 13.0. The molecule has 0 radical (unpaired) electrons. The number of aliphatic carboxylic acids is 1. The Labute approximate surface area is 104 Å². The number of anilines is 2. The highest BCUT2D eigenvalue weighted by Gasteiger charge is 2.05. The molecule has 100 valence electrons. The fourth-order valence-electron chi connectivity index (χ4n) is 1.31. The largest absolute Gasteiger partial charge is 0.744 e. The molecule has 0 atom stereocenters. The van der Waals surface area contributed by atoms with Gasteiger partial charge in [-0.2, -0.15) is 0 Å². The van der Waals surface area contributed by atoms with Crippen molar-refractivity contribution in [1.29, 1.82) is 0 Å². The first-order valence-corrected chi connectivity index (χ1v) is 6.50. The first-order valence-electron chi connectivity index (χ1n) is 5.10. The summed E-state index contributed by atoms with van der Waals surface area (Å²) in [7, 11) is -4.52. The third-order valence-electron chi connectivity index (χ3n) is 2.18. The molecule has 0 aliphatic carbocycles. The van der Waals surface area contributed by atoms with E-state index in [1.807, 2.05) is 0 Å². The van der Waals surface area contributed by atoms with E-state index in [9.17, 15) is 22.9 Å². The lowest BCUT2D eigenvalue weighted by Gasteiger charge is -2.12. The van der Waals surface area contributed by atoms with Gasteiger partial charge in [0.25, 0.3) is 0 Å². The smallest absolute Gasteiger partial charge is 0.124 e. The highest BCUT2D eigenvalue weighted by Crippen LogP contribution is 2.22. The molecular weight excluding hydrogens is 260 g/mol. The van der Waals surface area contributed by atoms with Crippen molar-refractivity contribution >= 4 is 27.5 Å². The summed E-state index contributed by atoms with van der Waals surface area (Å²) < 4.78 is 32.2. The number of carboxylic acid groups (broad SMARTS) is 1. The Morgan fingerprint density at radius 2 is 2.06 bits per heavy atom. The third kappa shape index (κ3) is 4.22. The maximum absolute atomic E-state index is 10.7. The van der Waals surface area contributed by atoms with Gasteiger partial charge in [0.05, 0.1) is 16.3 Å². The number of hydrogen-bond donors (Lipinski definition) is 2. The van der Waals surface area contributed by atoms with E-state index in [-0.39, 0.29) is 12.1 Å². The van der Waals surface area contributed by atoms with Crippen LogP contribution in [0.25, 0.3) is 0 Å². The van der Waals surface area contributed by atoms with E-state index in [0.29, 0.717) is 18.7 Å². The van der Waals surface area contributed by atoms with Crippen molar-refractivity contribution in [1.82, 2.24) is 0 Å². The lowest BCUT2D eigenvalue weighted by Crippen LogP contribution is -2.22. The number of carboxylic acids is 1. The van der Waals surface area contributed by atoms with Gasteiger partial charge in [-0.15, -0.1) is 0 Å². The zero-order chi connectivity index (χ0) is 13.8. The van der Waals surface area contributed by atoms with E-state index in [4.69, 9.17) is 5.73 Å². The van der Waals surface area contributed by atoms with Crippen LogP contribution in [0.4, 0.5) is 11.4 Å². The molecule has 0 heterocycles. The number of nitrogen functional groups attached to an aromatic ring is 1. The Hall–Kier alpha value is -1.80. The third-order valence-corrected chi connectivity index (χ3v) is 3.02. The Morgan fingerprint density at radius 3 is 2.56 bits per heavy atom. The second kappa shape index (κ2) is 5.69. The summed E-state index contributed by atoms with van der Waals surface area (Å²) in [6, 6.07) is 3.56. The van der Waals surface area contributed by atoms with Crippen LogP contribution in [0.1, 0.15) is 12.8 Å². The number of hydrogen-bond acceptors (Lipinski definition) is 7. The minimum absolute atomic E-state index is 0.0834. The van der Waals surface area contributed by atoms with Gasteiger partial charge < -0.3 is 25.5 Å². The SMILES string of the molecule is Nc1cc(S(=O)(=O)[O-])ccc1NCCCC(=O)[O-]. The van der Waals surface area contributed by atoms with Crippen molar-refractivity contribution in [2.75, 3.05) is 17.6 Å². The molecule has 0 aromatic heterocycles. The van der Waals surface area contributed by atoms with Crippen LogP contribution in [-0.4, -0.2) is 25.5 Å². The Bertz CT molecular complexity index is 541. The van der Waals surface area contributed by atoms with E-state index in [1.165, 1.54) is 6.07 Å². The fraction of sp³-hybridized carbons (Fsp3) is 0.300. The van der Waals surface area contributed by atoms with Gasteiger partial charge in [0.15, 0.2) is 0 Å². The molecule has 1 aromatic rings. The number of carbonyl (C=O) groups excluding carboxylic acids is 1. The average Bonchev–Trinajstić information content (AvgIpc) is 2.24. The van der Waals surface area contributed by atoms with E-state index < -0.39 is 21.0 Å². The number of rotatable bonds is 6. The zero-order valence-corrected chi connectivity index (χ0v) is 10.2. The second-order valence-electron chi connectivity index (χ2n) is 3.61. The van der Waals surface area contributed by atoms with Gasteiger partial charge in [-0.3, -0.25) is 0 Å². The van der Waals surface area contributed by atoms with Gasteiger partial charge in [0.1, 0.15) is 10.1 Å². The van der Waals surface area contributed by atoms with Crippen molar-refractivity contribution in [3.8, 4) is 0 Å². The standard InChI is InChI=1S/C10H14N2O5S/c11-8-6-7(18(15,16)17)3-4-9(8)12-5-1-2-10(13)14/h3-4,6,12H,1-2,5,11H2,(H,13,14)(H,15,16,17)/p-2. The van der Waals surface area contributed by atoms with Crippen LogP contribution in [0.15, 0.2) is 23.1 Å². The highest BCUT2D eigenvalue weighted by molar-refractivity contribution is 7.85. The van der Waals surface area contributed by atoms with Gasteiger partial charge in [0.2, 0.25) is 0 Å². The van der Waals surface area contributed by atoms with Crippen LogP contribution in [0.2, 0.25) is 0 Å². The highest BCUT2D eigenvalue weighted by atomic mass is 32.2. The van der Waals surface area contributed by atoms with Crippen LogP contribution in [-0.2, 0) is 14.9 Å². The second-order valence-corrected chi connectivity index (χ2v) is 4.99. The molecule has 3 N–H and O–H groups in total. The maximum Gasteiger partial charge on any atom is 0.124 e. The van der Waals surface area contributed by atoms with Crippen molar-refractivity contribution in [3.63, 3.8) is 0 Å². The molecule has 18 heavy (non-hydrogen) atoms. The van der Waals surface area contributed by atoms with E-state index in [2.05, 4.69) is 5.32 Å². The number of nitrogens with one attached hydrogen (secondary N) is 1. The van der Waals surface area contributed by atoms with Crippen molar-refractivity contribution in [2.24, 2.45) is 0 Å². The van der Waals surface area contributed by atoms with E-state index in [1.54, 1.807) is 0 Å². The molecule has 0 spiro atoms. The summed E-state index contributed by atoms with van der Waals surface area (Å²) in [6.45, 7) is 0.349. The fourth-order valence-corrected chi connectivity index (χ4v) is 1.82. The normalized spacial score (nSPS) is 11.2. The van der Waals surface area contributed by atoms with Crippen molar-refractivity contribution < 1.29 is 22.9 Å². The topological polar surface area (TPSA) is 135 Å². The molecule has 0 fully saturated rings. The molecule has 0 saturated carbocycles. The van der Waals surface area contributed by atoms with Gasteiger partial charge in [-0.1, -0.05) is 0 Å². The summed E-state index contributed by atoms with van der Waals surface area (Å²) in [6.07, 6.45) is 0.267. The summed E-state index contributed by atoms with van der Waals surface area (Å²) in [5.41, 5.74) is 6.12.